The van der Waals surface area contributed by atoms with Gasteiger partial charge in [-0.2, -0.15) is 5.10 Å². The molecule has 1 fully saturated rings. The fourth-order valence-corrected chi connectivity index (χ4v) is 4.05. The van der Waals surface area contributed by atoms with E-state index in [2.05, 4.69) is 31.8 Å². The second-order valence-electron chi connectivity index (χ2n) is 8.30. The van der Waals surface area contributed by atoms with Crippen LogP contribution in [0.4, 0.5) is 11.4 Å². The van der Waals surface area contributed by atoms with Crippen molar-refractivity contribution in [2.75, 3.05) is 18.4 Å². The zero-order valence-corrected chi connectivity index (χ0v) is 19.4. The molecule has 6 nitrogen and oxygen atoms in total. The maximum atomic E-state index is 12.4. The topological polar surface area (TPSA) is 69.6 Å². The Labute approximate surface area is 199 Å². The summed E-state index contributed by atoms with van der Waals surface area (Å²) in [6, 6.07) is 19.5. The highest BCUT2D eigenvalue weighted by atomic mass is 35.5. The van der Waals surface area contributed by atoms with E-state index < -0.39 is 0 Å². The number of aromatic nitrogens is 1. The van der Waals surface area contributed by atoms with Crippen molar-refractivity contribution in [1.29, 1.82) is 0 Å². The molecule has 1 aliphatic rings. The Kier molecular flexibility index (Phi) is 7.70. The molecule has 3 aromatic rings. The van der Waals surface area contributed by atoms with Gasteiger partial charge in [0, 0.05) is 23.5 Å². The third kappa shape index (κ3) is 6.40. The number of likely N-dealkylation sites (tertiary alicyclic amines) is 1. The van der Waals surface area contributed by atoms with E-state index >= 15 is 0 Å². The van der Waals surface area contributed by atoms with Crippen LogP contribution in [0.1, 0.15) is 34.5 Å². The number of aryl methyl sites for hydroxylation is 1. The highest BCUT2D eigenvalue weighted by Crippen LogP contribution is 2.22. The Morgan fingerprint density at radius 2 is 1.88 bits per heavy atom. The van der Waals surface area contributed by atoms with Crippen LogP contribution < -0.4 is 10.7 Å². The highest BCUT2D eigenvalue weighted by molar-refractivity contribution is 6.31. The Hall–Kier alpha value is -3.22. The molecule has 0 bridgehead atoms. The average molecular weight is 462 g/mol. The Bertz CT molecular complexity index is 1110. The summed E-state index contributed by atoms with van der Waals surface area (Å²) < 4.78 is 0. The first-order valence-corrected chi connectivity index (χ1v) is 11.5. The molecule has 2 heterocycles. The number of benzene rings is 2. The fourth-order valence-electron chi connectivity index (χ4n) is 3.86. The lowest BCUT2D eigenvalue weighted by Crippen LogP contribution is -2.34. The third-order valence-corrected chi connectivity index (χ3v) is 6.22. The predicted octanol–water partition coefficient (Wildman–Crippen LogP) is 5.41. The molecule has 0 unspecified atom stereocenters. The van der Waals surface area contributed by atoms with Gasteiger partial charge in [0.15, 0.2) is 0 Å². The lowest BCUT2D eigenvalue weighted by molar-refractivity contribution is 0.0950. The van der Waals surface area contributed by atoms with Crippen LogP contribution in [0.25, 0.3) is 0 Å². The van der Waals surface area contributed by atoms with Crippen molar-refractivity contribution in [3.8, 4) is 0 Å². The molecule has 0 saturated carbocycles. The Morgan fingerprint density at radius 1 is 1.12 bits per heavy atom. The van der Waals surface area contributed by atoms with Crippen molar-refractivity contribution in [2.24, 2.45) is 11.0 Å². The summed E-state index contributed by atoms with van der Waals surface area (Å²) in [5, 5.41) is 8.30. The van der Waals surface area contributed by atoms with Crippen molar-refractivity contribution in [3.63, 3.8) is 0 Å². The van der Waals surface area contributed by atoms with E-state index in [0.717, 1.165) is 60.0 Å². The van der Waals surface area contributed by atoms with Gasteiger partial charge in [-0.1, -0.05) is 48.0 Å². The number of hydrogen-bond acceptors (Lipinski definition) is 5. The summed E-state index contributed by atoms with van der Waals surface area (Å²) in [7, 11) is 0. The van der Waals surface area contributed by atoms with E-state index in [1.54, 1.807) is 12.3 Å². The summed E-state index contributed by atoms with van der Waals surface area (Å²) >= 11 is 6.28. The quantitative estimate of drug-likeness (QED) is 0.364. The van der Waals surface area contributed by atoms with Crippen LogP contribution in [0.2, 0.25) is 5.02 Å². The fraction of sp³-hybridized carbons (Fsp3) is 0.269. The van der Waals surface area contributed by atoms with Crippen LogP contribution in [0.5, 0.6) is 0 Å². The van der Waals surface area contributed by atoms with Gasteiger partial charge in [0.1, 0.15) is 5.69 Å². The standard InChI is InChI=1S/C26H28ClN5O/c1-19-6-2-5-9-24(19)30-22-10-11-25(28-17-22)26(33)31-29-16-20-12-14-32(15-13-20)18-21-7-3-4-8-23(21)27/h2-11,16-17,20,30H,12-15,18H2,1H3,(H,31,33)/b29-16+. The highest BCUT2D eigenvalue weighted by Gasteiger charge is 2.18. The monoisotopic (exact) mass is 461 g/mol. The molecule has 1 amide bonds. The first-order valence-electron chi connectivity index (χ1n) is 11.2. The van der Waals surface area contributed by atoms with Crippen molar-refractivity contribution in [2.45, 2.75) is 26.3 Å². The predicted molar refractivity (Wildman–Crippen MR) is 134 cm³/mol. The second-order valence-corrected chi connectivity index (χ2v) is 8.70. The SMILES string of the molecule is Cc1ccccc1Nc1ccc(C(=O)N/N=C/C2CCN(Cc3ccccc3Cl)CC2)nc1. The van der Waals surface area contributed by atoms with Gasteiger partial charge in [0.25, 0.3) is 5.91 Å². The van der Waals surface area contributed by atoms with Gasteiger partial charge in [-0.25, -0.2) is 10.4 Å². The molecule has 0 aliphatic carbocycles. The van der Waals surface area contributed by atoms with E-state index in [9.17, 15) is 4.79 Å². The maximum Gasteiger partial charge on any atom is 0.289 e. The van der Waals surface area contributed by atoms with Crippen LogP contribution in [0.15, 0.2) is 72.0 Å². The number of amides is 1. The van der Waals surface area contributed by atoms with Gasteiger partial charge in [0.05, 0.1) is 11.9 Å². The minimum absolute atomic E-state index is 0.315. The number of pyridine rings is 1. The summed E-state index contributed by atoms with van der Waals surface area (Å²) in [5.74, 6) is 0.0336. The van der Waals surface area contributed by atoms with E-state index in [1.165, 1.54) is 0 Å². The number of nitrogens with zero attached hydrogens (tertiary/aromatic N) is 3. The number of rotatable bonds is 7. The van der Waals surface area contributed by atoms with Crippen LogP contribution >= 0.6 is 11.6 Å². The number of anilines is 2. The number of carbonyl (C=O) groups is 1. The van der Waals surface area contributed by atoms with Crippen LogP contribution in [-0.4, -0.2) is 35.1 Å². The molecule has 0 atom stereocenters. The minimum Gasteiger partial charge on any atom is -0.354 e. The molecule has 4 rings (SSSR count). The summed E-state index contributed by atoms with van der Waals surface area (Å²) in [5.41, 5.74) is 7.07. The van der Waals surface area contributed by atoms with Crippen molar-refractivity contribution < 1.29 is 4.79 Å². The molecule has 0 radical (unpaired) electrons. The molecule has 0 spiro atoms. The van der Waals surface area contributed by atoms with Gasteiger partial charge < -0.3 is 5.32 Å². The third-order valence-electron chi connectivity index (χ3n) is 5.86. The number of piperidine rings is 1. The van der Waals surface area contributed by atoms with E-state index in [1.807, 2.05) is 61.7 Å². The van der Waals surface area contributed by atoms with Crippen molar-refractivity contribution >= 4 is 35.1 Å². The van der Waals surface area contributed by atoms with Gasteiger partial charge in [-0.3, -0.25) is 9.69 Å². The minimum atomic E-state index is -0.315. The number of hydrazone groups is 1. The largest absolute Gasteiger partial charge is 0.354 e. The molecule has 33 heavy (non-hydrogen) atoms. The second kappa shape index (κ2) is 11.1. The zero-order chi connectivity index (χ0) is 23.0. The van der Waals surface area contributed by atoms with Crippen LogP contribution in [0, 0.1) is 12.8 Å². The lowest BCUT2D eigenvalue weighted by atomic mass is 9.98. The lowest BCUT2D eigenvalue weighted by Gasteiger charge is -2.30. The number of carbonyl (C=O) groups excluding carboxylic acids is 1. The summed E-state index contributed by atoms with van der Waals surface area (Å²) in [4.78, 5) is 19.0. The molecular formula is C26H28ClN5O. The summed E-state index contributed by atoms with van der Waals surface area (Å²) in [6.45, 7) is 4.86. The van der Waals surface area contributed by atoms with Gasteiger partial charge in [-0.05, 0) is 74.2 Å². The molecule has 1 saturated heterocycles. The number of halogens is 1. The first kappa shape index (κ1) is 23.0. The molecule has 2 N–H and O–H groups in total. The van der Waals surface area contributed by atoms with Crippen molar-refractivity contribution in [3.05, 3.63) is 88.7 Å². The number of para-hydroxylation sites is 1. The molecule has 7 heteroatoms. The summed E-state index contributed by atoms with van der Waals surface area (Å²) in [6.07, 6.45) is 5.50. The molecule has 1 aliphatic heterocycles. The van der Waals surface area contributed by atoms with E-state index in [-0.39, 0.29) is 5.91 Å². The van der Waals surface area contributed by atoms with E-state index in [4.69, 9.17) is 11.6 Å². The number of hydrogen-bond donors (Lipinski definition) is 2. The molecule has 2 aromatic carbocycles. The molecular weight excluding hydrogens is 434 g/mol. The van der Waals surface area contributed by atoms with Crippen LogP contribution in [0.3, 0.4) is 0 Å². The van der Waals surface area contributed by atoms with Crippen LogP contribution in [-0.2, 0) is 6.54 Å². The van der Waals surface area contributed by atoms with Gasteiger partial charge >= 0.3 is 0 Å². The maximum absolute atomic E-state index is 12.4. The smallest absolute Gasteiger partial charge is 0.289 e. The average Bonchev–Trinajstić information content (AvgIpc) is 2.83. The Balaban J connectivity index is 1.22. The first-order chi connectivity index (χ1) is 16.1. The molecule has 1 aromatic heterocycles. The Morgan fingerprint density at radius 3 is 2.61 bits per heavy atom. The van der Waals surface area contributed by atoms with Gasteiger partial charge in [-0.15, -0.1) is 0 Å². The zero-order valence-electron chi connectivity index (χ0n) is 18.7. The molecule has 170 valence electrons. The van der Waals surface area contributed by atoms with E-state index in [0.29, 0.717) is 11.6 Å². The number of nitrogens with one attached hydrogen (secondary N) is 2. The van der Waals surface area contributed by atoms with Gasteiger partial charge in [0.2, 0.25) is 0 Å². The normalized spacial score (nSPS) is 15.0. The van der Waals surface area contributed by atoms with Crippen molar-refractivity contribution in [1.82, 2.24) is 15.3 Å².